The van der Waals surface area contributed by atoms with Crippen molar-refractivity contribution in [3.63, 3.8) is 0 Å². The molecule has 0 heterocycles. The van der Waals surface area contributed by atoms with Gasteiger partial charge in [0.05, 0.1) is 0 Å². The molecule has 0 aliphatic carbocycles. The van der Waals surface area contributed by atoms with Crippen LogP contribution in [0, 0.1) is 0 Å². The van der Waals surface area contributed by atoms with Crippen molar-refractivity contribution in [3.05, 3.63) is 48.5 Å². The van der Waals surface area contributed by atoms with Gasteiger partial charge in [-0.05, 0) is 48.5 Å². The van der Waals surface area contributed by atoms with Gasteiger partial charge in [-0.3, -0.25) is 4.79 Å². The lowest BCUT2D eigenvalue weighted by molar-refractivity contribution is -0.118. The number of hydrogen-bond acceptors (Lipinski definition) is 4. The number of carbonyl (C=O) groups is 1. The van der Waals surface area contributed by atoms with Gasteiger partial charge in [0.15, 0.2) is 6.61 Å². The molecule has 0 aromatic heterocycles. The Labute approximate surface area is 111 Å². The summed E-state index contributed by atoms with van der Waals surface area (Å²) in [6, 6.07) is 13.8. The molecule has 5 heteroatoms. The molecule has 5 nitrogen and oxygen atoms in total. The number of nitrogens with one attached hydrogen (secondary N) is 1. The summed E-state index contributed by atoms with van der Waals surface area (Å²) in [7, 11) is 0. The Morgan fingerprint density at radius 3 is 2.05 bits per heavy atom. The summed E-state index contributed by atoms with van der Waals surface area (Å²) in [6.07, 6.45) is 0. The van der Waals surface area contributed by atoms with Crippen LogP contribution >= 0.6 is 0 Å². The van der Waals surface area contributed by atoms with Gasteiger partial charge >= 0.3 is 0 Å². The van der Waals surface area contributed by atoms with Gasteiger partial charge in [0.1, 0.15) is 5.75 Å². The van der Waals surface area contributed by atoms with E-state index in [2.05, 4.69) is 5.32 Å². The Kier molecular flexibility index (Phi) is 3.87. The number of hydrogen-bond donors (Lipinski definition) is 3. The Hall–Kier alpha value is -2.69. The van der Waals surface area contributed by atoms with Crippen LogP contribution < -0.4 is 21.5 Å². The molecule has 0 atom stereocenters. The van der Waals surface area contributed by atoms with Crippen LogP contribution in [0.5, 0.6) is 5.75 Å². The molecule has 0 spiro atoms. The zero-order valence-corrected chi connectivity index (χ0v) is 10.3. The molecule has 0 aliphatic heterocycles. The van der Waals surface area contributed by atoms with E-state index in [-0.39, 0.29) is 12.5 Å². The highest BCUT2D eigenvalue weighted by molar-refractivity contribution is 5.92. The zero-order chi connectivity index (χ0) is 13.7. The van der Waals surface area contributed by atoms with E-state index in [1.165, 1.54) is 0 Å². The van der Waals surface area contributed by atoms with Gasteiger partial charge in [0.2, 0.25) is 0 Å². The number of amides is 1. The van der Waals surface area contributed by atoms with Crippen LogP contribution in [-0.4, -0.2) is 12.5 Å². The molecule has 19 heavy (non-hydrogen) atoms. The fraction of sp³-hybridized carbons (Fsp3) is 0.0714. The Morgan fingerprint density at radius 2 is 1.47 bits per heavy atom. The average Bonchev–Trinajstić information content (AvgIpc) is 2.41. The third-order valence-electron chi connectivity index (χ3n) is 2.44. The van der Waals surface area contributed by atoms with Crippen LogP contribution in [0.1, 0.15) is 0 Å². The quantitative estimate of drug-likeness (QED) is 0.729. The molecular formula is C14H15N3O2. The molecular weight excluding hydrogens is 242 g/mol. The monoisotopic (exact) mass is 257 g/mol. The Morgan fingerprint density at radius 1 is 0.947 bits per heavy atom. The van der Waals surface area contributed by atoms with Crippen molar-refractivity contribution in [2.24, 2.45) is 0 Å². The first kappa shape index (κ1) is 12.8. The summed E-state index contributed by atoms with van der Waals surface area (Å²) in [5.74, 6) is 0.364. The van der Waals surface area contributed by atoms with Crippen LogP contribution in [-0.2, 0) is 4.79 Å². The largest absolute Gasteiger partial charge is 0.484 e. The van der Waals surface area contributed by atoms with E-state index in [1.807, 2.05) is 0 Å². The van der Waals surface area contributed by atoms with E-state index in [9.17, 15) is 4.79 Å². The van der Waals surface area contributed by atoms with Gasteiger partial charge in [0, 0.05) is 17.1 Å². The minimum atomic E-state index is -0.235. The maximum atomic E-state index is 11.6. The van der Waals surface area contributed by atoms with Crippen molar-refractivity contribution in [2.75, 3.05) is 23.4 Å². The lowest BCUT2D eigenvalue weighted by atomic mass is 10.3. The molecule has 0 saturated heterocycles. The Balaban J connectivity index is 1.84. The predicted molar refractivity (Wildman–Crippen MR) is 75.8 cm³/mol. The predicted octanol–water partition coefficient (Wildman–Crippen LogP) is 1.87. The van der Waals surface area contributed by atoms with Crippen LogP contribution in [0.4, 0.5) is 17.1 Å². The van der Waals surface area contributed by atoms with Crippen molar-refractivity contribution in [3.8, 4) is 5.75 Å². The Bertz CT molecular complexity index is 550. The van der Waals surface area contributed by atoms with Gasteiger partial charge in [-0.2, -0.15) is 0 Å². The molecule has 2 rings (SSSR count). The van der Waals surface area contributed by atoms with Crippen LogP contribution in [0.25, 0.3) is 0 Å². The number of nitrogen functional groups attached to an aromatic ring is 2. The molecule has 5 N–H and O–H groups in total. The highest BCUT2D eigenvalue weighted by atomic mass is 16.5. The second-order valence-corrected chi connectivity index (χ2v) is 4.03. The summed E-state index contributed by atoms with van der Waals surface area (Å²) in [6.45, 7) is -0.0612. The number of benzene rings is 2. The summed E-state index contributed by atoms with van der Waals surface area (Å²) >= 11 is 0. The minimum Gasteiger partial charge on any atom is -0.484 e. The van der Waals surface area contributed by atoms with Crippen LogP contribution in [0.3, 0.4) is 0 Å². The van der Waals surface area contributed by atoms with Crippen LogP contribution in [0.15, 0.2) is 48.5 Å². The average molecular weight is 257 g/mol. The highest BCUT2D eigenvalue weighted by Gasteiger charge is 2.03. The second kappa shape index (κ2) is 5.77. The highest BCUT2D eigenvalue weighted by Crippen LogP contribution is 2.13. The number of anilines is 3. The van der Waals surface area contributed by atoms with E-state index < -0.39 is 0 Å². The van der Waals surface area contributed by atoms with Gasteiger partial charge in [-0.1, -0.05) is 0 Å². The third-order valence-corrected chi connectivity index (χ3v) is 2.44. The summed E-state index contributed by atoms with van der Waals surface area (Å²) < 4.78 is 5.33. The fourth-order valence-corrected chi connectivity index (χ4v) is 1.48. The molecule has 0 aliphatic rings. The molecule has 2 aromatic carbocycles. The van der Waals surface area contributed by atoms with E-state index >= 15 is 0 Å². The zero-order valence-electron chi connectivity index (χ0n) is 10.3. The first-order valence-corrected chi connectivity index (χ1v) is 5.77. The molecule has 0 saturated carbocycles. The molecule has 2 aromatic rings. The molecule has 98 valence electrons. The van der Waals surface area contributed by atoms with E-state index in [0.717, 1.165) is 0 Å². The number of nitrogens with two attached hydrogens (primary N) is 2. The van der Waals surface area contributed by atoms with E-state index in [0.29, 0.717) is 22.8 Å². The van der Waals surface area contributed by atoms with Crippen LogP contribution in [0.2, 0.25) is 0 Å². The molecule has 1 amide bonds. The standard InChI is InChI=1S/C14H15N3O2/c15-10-1-5-12(6-2-10)17-14(18)9-19-13-7-3-11(16)4-8-13/h1-8H,9,15-16H2,(H,17,18). The first-order chi connectivity index (χ1) is 9.13. The number of rotatable bonds is 4. The number of ether oxygens (including phenoxy) is 1. The van der Waals surface area contributed by atoms with Crippen molar-refractivity contribution in [1.82, 2.24) is 0 Å². The van der Waals surface area contributed by atoms with Crippen molar-refractivity contribution in [2.45, 2.75) is 0 Å². The van der Waals surface area contributed by atoms with Crippen molar-refractivity contribution < 1.29 is 9.53 Å². The van der Waals surface area contributed by atoms with Gasteiger partial charge in [0.25, 0.3) is 5.91 Å². The first-order valence-electron chi connectivity index (χ1n) is 5.77. The molecule has 0 bridgehead atoms. The third kappa shape index (κ3) is 3.92. The lowest BCUT2D eigenvalue weighted by Crippen LogP contribution is -2.20. The van der Waals surface area contributed by atoms with Crippen molar-refractivity contribution >= 4 is 23.0 Å². The summed E-state index contributed by atoms with van der Waals surface area (Å²) in [5.41, 5.74) is 13.1. The van der Waals surface area contributed by atoms with Crippen molar-refractivity contribution in [1.29, 1.82) is 0 Å². The molecule has 0 unspecified atom stereocenters. The van der Waals surface area contributed by atoms with Gasteiger partial charge in [-0.15, -0.1) is 0 Å². The van der Waals surface area contributed by atoms with E-state index in [1.54, 1.807) is 48.5 Å². The SMILES string of the molecule is Nc1ccc(NC(=O)COc2ccc(N)cc2)cc1. The topological polar surface area (TPSA) is 90.4 Å². The fourth-order valence-electron chi connectivity index (χ4n) is 1.48. The molecule has 0 radical (unpaired) electrons. The second-order valence-electron chi connectivity index (χ2n) is 4.03. The number of carbonyl (C=O) groups excluding carboxylic acids is 1. The maximum Gasteiger partial charge on any atom is 0.262 e. The van der Waals surface area contributed by atoms with Gasteiger partial charge in [-0.25, -0.2) is 0 Å². The summed E-state index contributed by atoms with van der Waals surface area (Å²) in [5, 5.41) is 2.71. The normalized spacial score (nSPS) is 9.89. The minimum absolute atomic E-state index is 0.0612. The smallest absolute Gasteiger partial charge is 0.262 e. The maximum absolute atomic E-state index is 11.6. The van der Waals surface area contributed by atoms with E-state index in [4.69, 9.17) is 16.2 Å². The van der Waals surface area contributed by atoms with Gasteiger partial charge < -0.3 is 21.5 Å². The molecule has 0 fully saturated rings. The summed E-state index contributed by atoms with van der Waals surface area (Å²) in [4.78, 5) is 11.6. The lowest BCUT2D eigenvalue weighted by Gasteiger charge is -2.07.